The van der Waals surface area contributed by atoms with Gasteiger partial charge in [-0.15, -0.1) is 0 Å². The molecule has 7 aromatic carbocycles. The molecule has 94 heavy (non-hydrogen) atoms. The van der Waals surface area contributed by atoms with Crippen molar-refractivity contribution < 1.29 is 54.1 Å². The Balaban J connectivity index is 0.943. The summed E-state index contributed by atoms with van der Waals surface area (Å²) in [4.78, 5) is 31.3. The summed E-state index contributed by atoms with van der Waals surface area (Å²) in [6, 6.07) is 46.9. The highest BCUT2D eigenvalue weighted by atomic mass is 33.1. The molecule has 14 atom stereocenters. The van der Waals surface area contributed by atoms with Gasteiger partial charge in [0.05, 0.1) is 18.6 Å². The maximum Gasteiger partial charge on any atom is 0.316 e. The number of ether oxygens (including phenoxy) is 4. The Labute approximate surface area is 558 Å². The number of esters is 2. The molecule has 0 radical (unpaired) electrons. The van der Waals surface area contributed by atoms with Gasteiger partial charge >= 0.3 is 11.9 Å². The number of phenols is 3. The molecule has 0 aromatic heterocycles. The van der Waals surface area contributed by atoms with Crippen molar-refractivity contribution in [1.29, 1.82) is 0 Å². The van der Waals surface area contributed by atoms with Crippen LogP contribution in [0.1, 0.15) is 134 Å². The van der Waals surface area contributed by atoms with E-state index in [0.717, 1.165) is 86.5 Å². The fourth-order valence-corrected chi connectivity index (χ4v) is 21.5. The maximum absolute atomic E-state index is 17.2. The first-order chi connectivity index (χ1) is 45.7. The summed E-state index contributed by atoms with van der Waals surface area (Å²) in [6.07, 6.45) is 10.4. The van der Waals surface area contributed by atoms with Crippen LogP contribution in [-0.2, 0) is 49.3 Å². The van der Waals surface area contributed by atoms with Crippen LogP contribution in [0.15, 0.2) is 146 Å². The highest BCUT2D eigenvalue weighted by molar-refractivity contribution is 8.76. The highest BCUT2D eigenvalue weighted by Crippen LogP contribution is 2.70. The molecule has 8 aliphatic rings. The van der Waals surface area contributed by atoms with E-state index in [9.17, 15) is 30.3 Å². The second-order valence-electron chi connectivity index (χ2n) is 28.4. The average molecular weight is 1300 g/mol. The van der Waals surface area contributed by atoms with Crippen LogP contribution in [0.2, 0.25) is 0 Å². The molecule has 15 rings (SSSR count). The summed E-state index contributed by atoms with van der Waals surface area (Å²) in [6.45, 7) is 2.62. The molecule has 6 aliphatic carbocycles. The first-order valence-electron chi connectivity index (χ1n) is 34.0. The Bertz CT molecular complexity index is 4120. The lowest BCUT2D eigenvalue weighted by Gasteiger charge is -2.64. The van der Waals surface area contributed by atoms with Crippen LogP contribution < -0.4 is 14.8 Å². The Kier molecular flexibility index (Phi) is 17.1. The summed E-state index contributed by atoms with van der Waals surface area (Å²) < 4.78 is 26.7. The standard InChI is InChI=1S/C80H83NO11S2/c1-47(82)91-72-37-60-36-65-63-39-74(70(85)32-54(63)30-66-69(84)40-67-64-38-71(86)73(89-2)33-55(64)31-68(72)80(67,76(65)66)26-23-48-13-6-3-7-14-48)90-45-75(87)94-93-46-51-27-49-19-21-58(78(24-10-5-11-25-78)56-17-8-4-9-18-56)44-81-43-50-15-12-16-52(28-50)62-35-59(83)29-53-20-22-57(34-61(53)62)79(41-49,42-51)77(88)92-60/h3-4,6-9,12-18,20,22-23,26,28-29,32-35,38-39,49,51,58,60,65-69,72,75-76,81,83-87H,5,10-11,24-25,27,30-31,36-37,40-46H2,1-2H3/b26-23+/t49-,51-,58+,60-,65-,66-,67-,68+,69-,72+,75-,76-,79-,80+/m0/s1. The topological polar surface area (TPSA) is 184 Å². The lowest BCUT2D eigenvalue weighted by atomic mass is 9.40. The van der Waals surface area contributed by atoms with Crippen LogP contribution in [-0.4, -0.2) is 87.2 Å². The van der Waals surface area contributed by atoms with Crippen molar-refractivity contribution in [2.75, 3.05) is 26.0 Å². The largest absolute Gasteiger partial charge is 0.508 e. The molecule has 4 fully saturated rings. The lowest BCUT2D eigenvalue weighted by molar-refractivity contribution is -0.179. The number of fused-ring (bicyclic) bond motifs is 10. The van der Waals surface area contributed by atoms with Crippen LogP contribution in [0.4, 0.5) is 0 Å². The van der Waals surface area contributed by atoms with Crippen LogP contribution in [0.3, 0.4) is 0 Å². The van der Waals surface area contributed by atoms with Crippen molar-refractivity contribution >= 4 is 50.4 Å². The van der Waals surface area contributed by atoms with Gasteiger partial charge in [0.1, 0.15) is 30.0 Å². The van der Waals surface area contributed by atoms with Gasteiger partial charge < -0.3 is 49.8 Å². The zero-order valence-electron chi connectivity index (χ0n) is 53.4. The van der Waals surface area contributed by atoms with E-state index in [1.807, 2.05) is 48.5 Å². The summed E-state index contributed by atoms with van der Waals surface area (Å²) in [5.74, 6) is 5.83. The minimum Gasteiger partial charge on any atom is -0.508 e. The van der Waals surface area contributed by atoms with Gasteiger partial charge in [-0.2, -0.15) is 0 Å². The third kappa shape index (κ3) is 11.4. The number of aromatic hydroxyl groups is 3. The normalized spacial score (nSPS) is 31.0. The van der Waals surface area contributed by atoms with E-state index in [0.29, 0.717) is 63.1 Å². The highest BCUT2D eigenvalue weighted by Gasteiger charge is 2.66. The summed E-state index contributed by atoms with van der Waals surface area (Å²) in [5.41, 5.74) is 6.16. The Morgan fingerprint density at radius 2 is 1.59 bits per heavy atom. The number of nitrogens with one attached hydrogen (secondary N) is 1. The number of benzene rings is 7. The van der Waals surface area contributed by atoms with Crippen molar-refractivity contribution in [1.82, 2.24) is 5.32 Å². The van der Waals surface area contributed by atoms with E-state index in [-0.39, 0.29) is 71.6 Å². The zero-order valence-corrected chi connectivity index (χ0v) is 55.0. The molecule has 7 aromatic rings. The number of rotatable bonds is 6. The van der Waals surface area contributed by atoms with Gasteiger partial charge in [-0.25, -0.2) is 0 Å². The van der Waals surface area contributed by atoms with Crippen molar-refractivity contribution in [3.63, 3.8) is 0 Å². The third-order valence-electron chi connectivity index (χ3n) is 23.2. The van der Waals surface area contributed by atoms with Gasteiger partial charge in [-0.3, -0.25) is 9.59 Å². The van der Waals surface area contributed by atoms with Gasteiger partial charge in [-0.1, -0.05) is 156 Å². The first kappa shape index (κ1) is 62.7. The Morgan fingerprint density at radius 1 is 0.777 bits per heavy atom. The van der Waals surface area contributed by atoms with Gasteiger partial charge in [0, 0.05) is 60.8 Å². The van der Waals surface area contributed by atoms with Crippen molar-refractivity contribution in [2.45, 2.75) is 143 Å². The van der Waals surface area contributed by atoms with E-state index in [2.05, 4.69) is 108 Å². The fraction of sp³-hybridized carbons (Fsp3) is 0.425. The van der Waals surface area contributed by atoms with Gasteiger partial charge in [-0.05, 0) is 202 Å². The van der Waals surface area contributed by atoms with E-state index in [4.69, 9.17) is 18.9 Å². The number of hydrogen-bond donors (Lipinski definition) is 6. The smallest absolute Gasteiger partial charge is 0.316 e. The second-order valence-corrected chi connectivity index (χ2v) is 31.0. The molecule has 6 N–H and O–H groups in total. The molecular formula is C80H83NO11S2. The predicted molar refractivity (Wildman–Crippen MR) is 369 cm³/mol. The maximum atomic E-state index is 17.2. The van der Waals surface area contributed by atoms with Crippen molar-refractivity contribution in [3.8, 4) is 51.7 Å². The van der Waals surface area contributed by atoms with E-state index in [1.165, 1.54) is 36.8 Å². The molecule has 12 nitrogen and oxygen atoms in total. The number of phenolic OH excluding ortho intramolecular Hbond substituents is 3. The number of aliphatic hydroxyl groups is 2. The van der Waals surface area contributed by atoms with Gasteiger partial charge in [0.2, 0.25) is 0 Å². The molecule has 486 valence electrons. The number of hydrogen-bond acceptors (Lipinski definition) is 14. The number of carbonyl (C=O) groups excluding carboxylic acids is 2. The molecule has 2 aliphatic heterocycles. The lowest BCUT2D eigenvalue weighted by Crippen LogP contribution is -2.62. The summed E-state index contributed by atoms with van der Waals surface area (Å²) in [7, 11) is 4.40. The van der Waals surface area contributed by atoms with Crippen molar-refractivity contribution in [3.05, 3.63) is 190 Å². The Morgan fingerprint density at radius 3 is 2.39 bits per heavy atom. The third-order valence-corrected chi connectivity index (χ3v) is 25.8. The number of aliphatic hydroxyl groups excluding tert-OH is 2. The summed E-state index contributed by atoms with van der Waals surface area (Å²) >= 11 is 0. The molecule has 14 heteroatoms. The van der Waals surface area contributed by atoms with Crippen LogP contribution >= 0.6 is 21.6 Å². The fourth-order valence-electron chi connectivity index (χ4n) is 19.3. The molecule has 0 saturated heterocycles. The molecular weight excluding hydrogens is 1220 g/mol. The molecule has 2 heterocycles. The number of carbonyl (C=O) groups is 2. The van der Waals surface area contributed by atoms with E-state index >= 15 is 4.79 Å². The number of allylic oxidation sites excluding steroid dienone is 1. The molecule has 11 bridgehead atoms. The first-order valence-corrected chi connectivity index (χ1v) is 36.4. The van der Waals surface area contributed by atoms with Crippen molar-refractivity contribution in [2.24, 2.45) is 40.9 Å². The van der Waals surface area contributed by atoms with Gasteiger partial charge in [0.25, 0.3) is 0 Å². The predicted octanol–water partition coefficient (Wildman–Crippen LogP) is 14.6. The van der Waals surface area contributed by atoms with E-state index in [1.54, 1.807) is 22.9 Å². The zero-order chi connectivity index (χ0) is 64.5. The van der Waals surface area contributed by atoms with E-state index < -0.39 is 70.1 Å². The van der Waals surface area contributed by atoms with Crippen LogP contribution in [0.5, 0.6) is 28.7 Å². The summed E-state index contributed by atoms with van der Waals surface area (Å²) in [5, 5.41) is 65.8. The molecule has 1 spiro atoms. The average Bonchev–Trinajstić information content (AvgIpc) is 0.688. The molecule has 0 amide bonds. The van der Waals surface area contributed by atoms with Crippen LogP contribution in [0.25, 0.3) is 28.0 Å². The number of methoxy groups -OCH3 is 1. The monoisotopic (exact) mass is 1300 g/mol. The van der Waals surface area contributed by atoms with Gasteiger partial charge in [0.15, 0.2) is 23.0 Å². The second kappa shape index (κ2) is 25.6. The van der Waals surface area contributed by atoms with Crippen LogP contribution in [0, 0.1) is 52.8 Å². The molecule has 4 saturated carbocycles. The minimum absolute atomic E-state index is 0.00761. The Hall–Kier alpha value is -7.38. The quantitative estimate of drug-likeness (QED) is 0.0525. The molecule has 0 unspecified atom stereocenters. The SMILES string of the molecule is COc1cc2c(cc1O)[C@@H]1C[C@H](O)[C@@H]3Cc4cc(O)c5cc4[C@@H]4C[C@@H](C[C@@H](OC(C)=O)[C@@H](C2)[C@]1(/C=C/c1ccccc1)[C@H]34)OC(=O)[C@]12C[C@@H](C#C[C@@H](C3(c4ccccc4)CCCCC3)CNCc3cccc(c3)-c3cc(O)cc4ccc1cc34)C[C@H](CSS[C@H](O)CO5)C2. The minimum atomic E-state index is -1.29.